The molecular formula is C12H15NO7. The molecule has 4 atom stereocenters. The van der Waals surface area contributed by atoms with Crippen LogP contribution >= 0.6 is 0 Å². The average molecular weight is 285 g/mol. The van der Waals surface area contributed by atoms with Crippen molar-refractivity contribution in [3.63, 3.8) is 0 Å². The molecule has 20 heavy (non-hydrogen) atoms. The molecule has 110 valence electrons. The molecule has 0 aliphatic carbocycles. The van der Waals surface area contributed by atoms with Crippen molar-refractivity contribution >= 4 is 5.69 Å². The molecule has 1 heterocycles. The average Bonchev–Trinajstić information content (AvgIpc) is 2.43. The van der Waals surface area contributed by atoms with Gasteiger partial charge in [0.15, 0.2) is 0 Å². The third-order valence-electron chi connectivity index (χ3n) is 3.03. The Balaban J connectivity index is 2.00. The van der Waals surface area contributed by atoms with Gasteiger partial charge in [-0.25, -0.2) is 0 Å². The Labute approximate surface area is 114 Å². The van der Waals surface area contributed by atoms with Crippen molar-refractivity contribution in [1.29, 1.82) is 0 Å². The minimum absolute atomic E-state index is 0.0364. The second-order valence-corrected chi connectivity index (χ2v) is 4.45. The van der Waals surface area contributed by atoms with Crippen molar-refractivity contribution in [2.45, 2.75) is 31.0 Å². The first-order chi connectivity index (χ1) is 9.51. The van der Waals surface area contributed by atoms with Crippen LogP contribution in [0.25, 0.3) is 0 Å². The highest BCUT2D eigenvalue weighted by atomic mass is 16.7. The number of benzene rings is 1. The number of hydrogen-bond acceptors (Lipinski definition) is 7. The number of aliphatic hydroxyl groups is 3. The molecule has 1 saturated heterocycles. The maximum atomic E-state index is 10.5. The molecule has 1 aliphatic rings. The molecule has 0 spiro atoms. The Morgan fingerprint density at radius 3 is 2.55 bits per heavy atom. The van der Waals surface area contributed by atoms with E-state index in [0.717, 1.165) is 0 Å². The van der Waals surface area contributed by atoms with Crippen LogP contribution in [0.4, 0.5) is 5.69 Å². The molecule has 0 radical (unpaired) electrons. The maximum absolute atomic E-state index is 10.5. The van der Waals surface area contributed by atoms with E-state index in [0.29, 0.717) is 5.75 Å². The molecule has 2 rings (SSSR count). The highest BCUT2D eigenvalue weighted by molar-refractivity contribution is 5.36. The number of rotatable bonds is 4. The number of nitrogens with zero attached hydrogens (tertiary/aromatic N) is 1. The predicted molar refractivity (Wildman–Crippen MR) is 66.1 cm³/mol. The number of ether oxygens (including phenoxy) is 2. The van der Waals surface area contributed by atoms with Crippen LogP contribution in [0.2, 0.25) is 0 Å². The summed E-state index contributed by atoms with van der Waals surface area (Å²) in [7, 11) is 0. The number of nitro groups is 1. The van der Waals surface area contributed by atoms with Gasteiger partial charge in [-0.15, -0.1) is 0 Å². The Morgan fingerprint density at radius 2 is 2.00 bits per heavy atom. The van der Waals surface area contributed by atoms with Crippen LogP contribution in [0.1, 0.15) is 6.42 Å². The molecule has 0 aromatic heterocycles. The molecule has 1 fully saturated rings. The lowest BCUT2D eigenvalue weighted by molar-refractivity contribution is -0.384. The summed E-state index contributed by atoms with van der Waals surface area (Å²) in [5.74, 6) is 0.334. The van der Waals surface area contributed by atoms with Gasteiger partial charge in [0.1, 0.15) is 18.0 Å². The molecule has 8 heteroatoms. The summed E-state index contributed by atoms with van der Waals surface area (Å²) in [4.78, 5) is 9.99. The molecule has 1 aliphatic heterocycles. The van der Waals surface area contributed by atoms with Gasteiger partial charge in [0.2, 0.25) is 6.29 Å². The van der Waals surface area contributed by atoms with Gasteiger partial charge in [-0.3, -0.25) is 10.1 Å². The van der Waals surface area contributed by atoms with Crippen molar-refractivity contribution < 1.29 is 29.7 Å². The Bertz CT molecular complexity index is 463. The normalized spacial score (nSPS) is 29.9. The minimum atomic E-state index is -1.17. The van der Waals surface area contributed by atoms with Gasteiger partial charge in [-0.2, -0.15) is 0 Å². The molecule has 1 aromatic carbocycles. The number of aliphatic hydroxyl groups excluding tert-OH is 3. The molecule has 1 aromatic rings. The fraction of sp³-hybridized carbons (Fsp3) is 0.500. The lowest BCUT2D eigenvalue weighted by Crippen LogP contribution is -2.51. The minimum Gasteiger partial charge on any atom is -0.465 e. The topological polar surface area (TPSA) is 122 Å². The second kappa shape index (κ2) is 6.14. The Morgan fingerprint density at radius 1 is 1.35 bits per heavy atom. The SMILES string of the molecule is O=[N+]([O-])c1ccc(O[C@@H]2C[C@@H](O)[C@@H](O)[C@@H](CO)O2)cc1. The van der Waals surface area contributed by atoms with Crippen LogP contribution in [0.15, 0.2) is 24.3 Å². The van der Waals surface area contributed by atoms with E-state index >= 15 is 0 Å². The molecule has 0 bridgehead atoms. The van der Waals surface area contributed by atoms with Gasteiger partial charge in [0, 0.05) is 18.6 Å². The van der Waals surface area contributed by atoms with Crippen molar-refractivity contribution in [3.8, 4) is 5.75 Å². The van der Waals surface area contributed by atoms with Crippen LogP contribution < -0.4 is 4.74 Å². The highest BCUT2D eigenvalue weighted by Crippen LogP contribution is 2.24. The largest absolute Gasteiger partial charge is 0.465 e. The quantitative estimate of drug-likeness (QED) is 0.517. The molecule has 0 amide bonds. The predicted octanol–water partition coefficient (Wildman–Crippen LogP) is -0.197. The number of nitro benzene ring substituents is 1. The van der Waals surface area contributed by atoms with Crippen LogP contribution in [-0.2, 0) is 4.74 Å². The molecule has 0 saturated carbocycles. The van der Waals surface area contributed by atoms with Gasteiger partial charge in [-0.05, 0) is 12.1 Å². The lowest BCUT2D eigenvalue weighted by atomic mass is 10.0. The first-order valence-corrected chi connectivity index (χ1v) is 6.05. The van der Waals surface area contributed by atoms with Gasteiger partial charge in [0.25, 0.3) is 5.69 Å². The van der Waals surface area contributed by atoms with E-state index in [1.165, 1.54) is 24.3 Å². The summed E-state index contributed by atoms with van der Waals surface area (Å²) in [6.07, 6.45) is -3.97. The fourth-order valence-corrected chi connectivity index (χ4v) is 1.94. The summed E-state index contributed by atoms with van der Waals surface area (Å²) in [6, 6.07) is 5.39. The molecule has 3 N–H and O–H groups in total. The Kier molecular flexibility index (Phi) is 4.50. The second-order valence-electron chi connectivity index (χ2n) is 4.45. The zero-order valence-corrected chi connectivity index (χ0v) is 10.5. The zero-order valence-electron chi connectivity index (χ0n) is 10.5. The van der Waals surface area contributed by atoms with Gasteiger partial charge in [0.05, 0.1) is 17.6 Å². The smallest absolute Gasteiger partial charge is 0.269 e. The van der Waals surface area contributed by atoms with E-state index in [-0.39, 0.29) is 12.1 Å². The first-order valence-electron chi connectivity index (χ1n) is 6.05. The highest BCUT2D eigenvalue weighted by Gasteiger charge is 2.37. The first kappa shape index (κ1) is 14.7. The summed E-state index contributed by atoms with van der Waals surface area (Å²) in [5, 5.41) is 38.7. The maximum Gasteiger partial charge on any atom is 0.269 e. The summed E-state index contributed by atoms with van der Waals surface area (Å²) in [5.41, 5.74) is -0.0643. The summed E-state index contributed by atoms with van der Waals surface area (Å²) >= 11 is 0. The van der Waals surface area contributed by atoms with Crippen LogP contribution in [-0.4, -0.2) is 51.5 Å². The van der Waals surface area contributed by atoms with Gasteiger partial charge < -0.3 is 24.8 Å². The standard InChI is InChI=1S/C12H15NO7/c14-6-10-12(16)9(15)5-11(20-10)19-8-3-1-7(2-4-8)13(17)18/h1-4,9-12,14-16H,5-6H2/t9-,10-,11+,12-/m1/s1. The molecular weight excluding hydrogens is 270 g/mol. The fourth-order valence-electron chi connectivity index (χ4n) is 1.94. The van der Waals surface area contributed by atoms with E-state index in [1.807, 2.05) is 0 Å². The van der Waals surface area contributed by atoms with Crippen LogP contribution in [0.5, 0.6) is 5.75 Å². The van der Waals surface area contributed by atoms with Crippen molar-refractivity contribution in [2.24, 2.45) is 0 Å². The summed E-state index contributed by atoms with van der Waals surface area (Å²) < 4.78 is 10.7. The van der Waals surface area contributed by atoms with Crippen LogP contribution in [0, 0.1) is 10.1 Å². The van der Waals surface area contributed by atoms with E-state index < -0.39 is 36.1 Å². The Hall–Kier alpha value is -1.74. The monoisotopic (exact) mass is 285 g/mol. The third-order valence-corrected chi connectivity index (χ3v) is 3.03. The van der Waals surface area contributed by atoms with E-state index in [1.54, 1.807) is 0 Å². The van der Waals surface area contributed by atoms with E-state index in [4.69, 9.17) is 14.6 Å². The van der Waals surface area contributed by atoms with Crippen molar-refractivity contribution in [3.05, 3.63) is 34.4 Å². The van der Waals surface area contributed by atoms with Crippen molar-refractivity contribution in [2.75, 3.05) is 6.61 Å². The molecule has 0 unspecified atom stereocenters. The lowest BCUT2D eigenvalue weighted by Gasteiger charge is -2.36. The number of hydrogen-bond donors (Lipinski definition) is 3. The summed E-state index contributed by atoms with van der Waals surface area (Å²) in [6.45, 7) is -0.446. The third kappa shape index (κ3) is 3.23. The molecule has 8 nitrogen and oxygen atoms in total. The van der Waals surface area contributed by atoms with E-state index in [9.17, 15) is 20.3 Å². The zero-order chi connectivity index (χ0) is 14.7. The van der Waals surface area contributed by atoms with Crippen LogP contribution in [0.3, 0.4) is 0 Å². The van der Waals surface area contributed by atoms with Gasteiger partial charge in [-0.1, -0.05) is 0 Å². The van der Waals surface area contributed by atoms with E-state index in [2.05, 4.69) is 0 Å². The van der Waals surface area contributed by atoms with Gasteiger partial charge >= 0.3 is 0 Å². The van der Waals surface area contributed by atoms with Crippen molar-refractivity contribution in [1.82, 2.24) is 0 Å². The number of non-ortho nitro benzene ring substituents is 1.